The summed E-state index contributed by atoms with van der Waals surface area (Å²) in [6, 6.07) is 0. The van der Waals surface area contributed by atoms with Gasteiger partial charge < -0.3 is 0 Å². The fourth-order valence-electron chi connectivity index (χ4n) is 2.54. The molecular weight excluding hydrogens is 182 g/mol. The summed E-state index contributed by atoms with van der Waals surface area (Å²) < 4.78 is 2.50. The van der Waals surface area contributed by atoms with Gasteiger partial charge in [0, 0.05) is 13.0 Å². The maximum absolute atomic E-state index is 5.07. The van der Waals surface area contributed by atoms with Crippen molar-refractivity contribution in [3.05, 3.63) is 10.6 Å². The number of nitrogens with zero attached hydrogens (tertiary/aromatic N) is 2. The first-order valence-corrected chi connectivity index (χ1v) is 5.28. The van der Waals surface area contributed by atoms with Gasteiger partial charge in [0.05, 0.1) is 0 Å². The Kier molecular flexibility index (Phi) is 1.45. The van der Waals surface area contributed by atoms with E-state index in [1.165, 1.54) is 19.3 Å². The molecule has 2 saturated carbocycles. The van der Waals surface area contributed by atoms with E-state index in [0.29, 0.717) is 10.7 Å². The Hall–Kier alpha value is -0.640. The molecule has 1 aromatic heterocycles. The van der Waals surface area contributed by atoms with E-state index < -0.39 is 0 Å². The SMILES string of the molecule is Cn1[nH]c(C2CC3CC3C2)nc1=S. The predicted molar refractivity (Wildman–Crippen MR) is 52.0 cm³/mol. The standard InChI is InChI=1S/C9H13N3S/c1-12-9(13)10-8(11-12)7-3-5-2-6(5)4-7/h5-7H,2-4H2,1H3,(H,10,11,13). The van der Waals surface area contributed by atoms with Gasteiger partial charge >= 0.3 is 0 Å². The van der Waals surface area contributed by atoms with Gasteiger partial charge in [-0.1, -0.05) is 0 Å². The number of rotatable bonds is 1. The molecule has 2 fully saturated rings. The maximum atomic E-state index is 5.07. The lowest BCUT2D eigenvalue weighted by Gasteiger charge is -2.06. The Morgan fingerprint density at radius 3 is 2.62 bits per heavy atom. The van der Waals surface area contributed by atoms with Gasteiger partial charge in [-0.3, -0.25) is 9.78 Å². The zero-order chi connectivity index (χ0) is 9.00. The second-order valence-corrected chi connectivity index (χ2v) is 4.74. The largest absolute Gasteiger partial charge is 0.283 e. The third kappa shape index (κ3) is 1.15. The highest BCUT2D eigenvalue weighted by Gasteiger charge is 2.47. The van der Waals surface area contributed by atoms with Gasteiger partial charge in [-0.05, 0) is 43.3 Å². The molecule has 13 heavy (non-hydrogen) atoms. The molecule has 1 N–H and O–H groups in total. The molecule has 70 valence electrons. The molecule has 2 atom stereocenters. The van der Waals surface area contributed by atoms with Crippen molar-refractivity contribution in [2.24, 2.45) is 18.9 Å². The topological polar surface area (TPSA) is 33.6 Å². The Bertz CT molecular complexity index is 382. The van der Waals surface area contributed by atoms with Gasteiger partial charge in [0.25, 0.3) is 0 Å². The van der Waals surface area contributed by atoms with Crippen molar-refractivity contribution in [2.75, 3.05) is 0 Å². The van der Waals surface area contributed by atoms with Crippen molar-refractivity contribution >= 4 is 12.2 Å². The molecule has 2 aliphatic rings. The molecule has 2 unspecified atom stereocenters. The highest BCUT2D eigenvalue weighted by Crippen LogP contribution is 2.56. The summed E-state index contributed by atoms with van der Waals surface area (Å²) in [6.45, 7) is 0. The zero-order valence-electron chi connectivity index (χ0n) is 7.66. The highest BCUT2D eigenvalue weighted by molar-refractivity contribution is 7.71. The van der Waals surface area contributed by atoms with Crippen LogP contribution in [0, 0.1) is 16.6 Å². The number of hydrogen-bond donors (Lipinski definition) is 1. The quantitative estimate of drug-likeness (QED) is 0.695. The van der Waals surface area contributed by atoms with Gasteiger partial charge in [-0.25, -0.2) is 4.98 Å². The Balaban J connectivity index is 1.88. The van der Waals surface area contributed by atoms with Crippen LogP contribution in [-0.2, 0) is 7.05 Å². The van der Waals surface area contributed by atoms with E-state index in [1.54, 1.807) is 0 Å². The van der Waals surface area contributed by atoms with Crippen LogP contribution >= 0.6 is 12.2 Å². The molecule has 0 aliphatic heterocycles. The maximum Gasteiger partial charge on any atom is 0.215 e. The molecule has 0 saturated heterocycles. The molecule has 0 amide bonds. The van der Waals surface area contributed by atoms with Crippen LogP contribution in [-0.4, -0.2) is 14.8 Å². The number of H-pyrrole nitrogens is 1. The molecule has 2 aliphatic carbocycles. The van der Waals surface area contributed by atoms with Gasteiger partial charge in [0.15, 0.2) is 0 Å². The van der Waals surface area contributed by atoms with Crippen LogP contribution in [0.3, 0.4) is 0 Å². The lowest BCUT2D eigenvalue weighted by atomic mass is 10.0. The first-order valence-electron chi connectivity index (χ1n) is 4.87. The average molecular weight is 195 g/mol. The van der Waals surface area contributed by atoms with Crippen LogP contribution in [0.15, 0.2) is 0 Å². The molecule has 3 nitrogen and oxygen atoms in total. The first kappa shape index (κ1) is 7.74. The number of aromatic amines is 1. The lowest BCUT2D eigenvalue weighted by Crippen LogP contribution is -1.99. The second-order valence-electron chi connectivity index (χ2n) is 4.37. The number of nitrogens with one attached hydrogen (secondary N) is 1. The van der Waals surface area contributed by atoms with Crippen molar-refractivity contribution in [1.82, 2.24) is 14.8 Å². The Morgan fingerprint density at radius 1 is 1.38 bits per heavy atom. The van der Waals surface area contributed by atoms with Crippen molar-refractivity contribution in [3.63, 3.8) is 0 Å². The molecule has 0 spiro atoms. The summed E-state index contributed by atoms with van der Waals surface area (Å²) >= 11 is 5.07. The van der Waals surface area contributed by atoms with E-state index in [9.17, 15) is 0 Å². The van der Waals surface area contributed by atoms with Gasteiger partial charge in [-0.2, -0.15) is 0 Å². The summed E-state index contributed by atoms with van der Waals surface area (Å²) in [5.41, 5.74) is 0. The average Bonchev–Trinajstić information content (AvgIpc) is 2.54. The van der Waals surface area contributed by atoms with Gasteiger partial charge in [0.2, 0.25) is 4.77 Å². The molecule has 1 heterocycles. The second kappa shape index (κ2) is 2.44. The van der Waals surface area contributed by atoms with Crippen LogP contribution in [0.5, 0.6) is 0 Å². The summed E-state index contributed by atoms with van der Waals surface area (Å²) in [5, 5.41) is 3.23. The van der Waals surface area contributed by atoms with Crippen LogP contribution in [0.2, 0.25) is 0 Å². The lowest BCUT2D eigenvalue weighted by molar-refractivity contribution is 0.582. The normalized spacial score (nSPS) is 36.2. The number of aromatic nitrogens is 3. The summed E-state index contributed by atoms with van der Waals surface area (Å²) in [4.78, 5) is 4.37. The van der Waals surface area contributed by atoms with Gasteiger partial charge in [0.1, 0.15) is 5.82 Å². The highest BCUT2D eigenvalue weighted by atomic mass is 32.1. The molecule has 0 aromatic carbocycles. The minimum absolute atomic E-state index is 0.659. The minimum atomic E-state index is 0.659. The Labute approximate surface area is 82.2 Å². The fraction of sp³-hybridized carbons (Fsp3) is 0.778. The van der Waals surface area contributed by atoms with Crippen molar-refractivity contribution in [1.29, 1.82) is 0 Å². The first-order chi connectivity index (χ1) is 6.24. The van der Waals surface area contributed by atoms with Crippen molar-refractivity contribution in [3.8, 4) is 0 Å². The summed E-state index contributed by atoms with van der Waals surface area (Å²) in [5.74, 6) is 3.79. The van der Waals surface area contributed by atoms with E-state index in [2.05, 4.69) is 10.1 Å². The van der Waals surface area contributed by atoms with E-state index in [4.69, 9.17) is 12.2 Å². The number of aryl methyl sites for hydroxylation is 1. The minimum Gasteiger partial charge on any atom is -0.283 e. The molecule has 0 radical (unpaired) electrons. The van der Waals surface area contributed by atoms with E-state index in [0.717, 1.165) is 17.7 Å². The van der Waals surface area contributed by atoms with E-state index >= 15 is 0 Å². The smallest absolute Gasteiger partial charge is 0.215 e. The third-order valence-electron chi connectivity index (χ3n) is 3.42. The van der Waals surface area contributed by atoms with Crippen molar-refractivity contribution in [2.45, 2.75) is 25.2 Å². The third-order valence-corrected chi connectivity index (χ3v) is 3.78. The van der Waals surface area contributed by atoms with Crippen LogP contribution in [0.4, 0.5) is 0 Å². The monoisotopic (exact) mass is 195 g/mol. The molecule has 0 bridgehead atoms. The number of fused-ring (bicyclic) bond motifs is 1. The zero-order valence-corrected chi connectivity index (χ0v) is 8.47. The van der Waals surface area contributed by atoms with Crippen LogP contribution in [0.25, 0.3) is 0 Å². The van der Waals surface area contributed by atoms with E-state index in [1.807, 2.05) is 11.7 Å². The molecule has 4 heteroatoms. The molecule has 1 aromatic rings. The van der Waals surface area contributed by atoms with E-state index in [-0.39, 0.29) is 0 Å². The van der Waals surface area contributed by atoms with Crippen LogP contribution in [0.1, 0.15) is 31.0 Å². The fourth-order valence-corrected chi connectivity index (χ4v) is 2.69. The van der Waals surface area contributed by atoms with Gasteiger partial charge in [-0.15, -0.1) is 0 Å². The van der Waals surface area contributed by atoms with Crippen molar-refractivity contribution < 1.29 is 0 Å². The molecule has 3 rings (SSSR count). The predicted octanol–water partition coefficient (Wildman–Crippen LogP) is 1.99. The van der Waals surface area contributed by atoms with Crippen LogP contribution < -0.4 is 0 Å². The number of hydrogen-bond acceptors (Lipinski definition) is 2. The Morgan fingerprint density at radius 2 is 2.08 bits per heavy atom. The molecular formula is C9H13N3S. The summed E-state index contributed by atoms with van der Waals surface area (Å²) in [7, 11) is 1.93. The summed E-state index contributed by atoms with van der Waals surface area (Å²) in [6.07, 6.45) is 4.12.